The van der Waals surface area contributed by atoms with E-state index in [9.17, 15) is 13.2 Å². The zero-order chi connectivity index (χ0) is 19.4. The quantitative estimate of drug-likeness (QED) is 0.625. The summed E-state index contributed by atoms with van der Waals surface area (Å²) in [5.41, 5.74) is 0.787. The van der Waals surface area contributed by atoms with Gasteiger partial charge in [0.05, 0.1) is 10.6 Å². The first-order chi connectivity index (χ1) is 12.9. The minimum atomic E-state index is -3.81. The van der Waals surface area contributed by atoms with Gasteiger partial charge in [0.15, 0.2) is 6.61 Å². The average Bonchev–Trinajstić information content (AvgIpc) is 3.16. The van der Waals surface area contributed by atoms with Gasteiger partial charge in [0.1, 0.15) is 4.90 Å². The van der Waals surface area contributed by atoms with Crippen LogP contribution in [0.1, 0.15) is 16.2 Å². The van der Waals surface area contributed by atoms with Gasteiger partial charge < -0.3 is 9.26 Å². The van der Waals surface area contributed by atoms with E-state index >= 15 is 0 Å². The van der Waals surface area contributed by atoms with Crippen molar-refractivity contribution in [2.24, 2.45) is 0 Å². The summed E-state index contributed by atoms with van der Waals surface area (Å²) in [7, 11) is -2.56. The maximum atomic E-state index is 12.2. The number of nitrogens with one attached hydrogen (secondary N) is 1. The molecule has 1 aromatic heterocycles. The van der Waals surface area contributed by atoms with Crippen LogP contribution < -0.4 is 4.72 Å². The summed E-state index contributed by atoms with van der Waals surface area (Å²) in [4.78, 5) is 16.1. The first-order valence-electron chi connectivity index (χ1n) is 7.69. The second-order valence-electron chi connectivity index (χ2n) is 5.31. The fourth-order valence-corrected chi connectivity index (χ4v) is 3.42. The molecule has 140 valence electrons. The fraction of sp³-hybridized carbons (Fsp3) is 0.118. The molecular formula is C17H14ClN3O5S. The third kappa shape index (κ3) is 4.33. The highest BCUT2D eigenvalue weighted by Gasteiger charge is 2.19. The Balaban J connectivity index is 1.72. The van der Waals surface area contributed by atoms with Crippen LogP contribution in [0.15, 0.2) is 57.9 Å². The minimum absolute atomic E-state index is 0.00898. The molecule has 0 atom stereocenters. The summed E-state index contributed by atoms with van der Waals surface area (Å²) in [6.45, 7) is -0.255. The number of nitrogens with zero attached hydrogens (tertiary/aromatic N) is 2. The molecule has 8 nitrogen and oxygen atoms in total. The predicted octanol–water partition coefficient (Wildman–Crippen LogP) is 2.66. The first kappa shape index (κ1) is 19.0. The second-order valence-corrected chi connectivity index (χ2v) is 7.57. The number of carbonyl (C=O) groups is 1. The average molecular weight is 408 g/mol. The van der Waals surface area contributed by atoms with Crippen LogP contribution in [0.25, 0.3) is 11.4 Å². The van der Waals surface area contributed by atoms with E-state index in [1.165, 1.54) is 19.2 Å². The highest BCUT2D eigenvalue weighted by Crippen LogP contribution is 2.23. The zero-order valence-electron chi connectivity index (χ0n) is 14.0. The van der Waals surface area contributed by atoms with E-state index in [1.807, 2.05) is 30.3 Å². The number of hydrogen-bond acceptors (Lipinski definition) is 7. The van der Waals surface area contributed by atoms with Crippen LogP contribution >= 0.6 is 11.6 Å². The lowest BCUT2D eigenvalue weighted by Crippen LogP contribution is -2.19. The molecule has 0 unspecified atom stereocenters. The van der Waals surface area contributed by atoms with Gasteiger partial charge in [-0.2, -0.15) is 4.98 Å². The standard InChI is InChI=1S/C17H14ClN3O5S/c1-19-27(23,24)14-9-12(7-8-13(14)18)17(22)25-10-15-20-16(21-26-15)11-5-3-2-4-6-11/h2-9,19H,10H2,1H3. The Labute approximate surface area is 160 Å². The number of carbonyl (C=O) groups excluding carboxylic acids is 1. The van der Waals surface area contributed by atoms with Crippen molar-refractivity contribution in [3.8, 4) is 11.4 Å². The zero-order valence-corrected chi connectivity index (χ0v) is 15.6. The van der Waals surface area contributed by atoms with Crippen molar-refractivity contribution in [2.75, 3.05) is 7.05 Å². The first-order valence-corrected chi connectivity index (χ1v) is 9.55. The number of hydrogen-bond donors (Lipinski definition) is 1. The normalized spacial score (nSPS) is 11.3. The molecule has 10 heteroatoms. The molecule has 0 aliphatic carbocycles. The lowest BCUT2D eigenvalue weighted by atomic mass is 10.2. The highest BCUT2D eigenvalue weighted by atomic mass is 35.5. The third-order valence-corrected chi connectivity index (χ3v) is 5.45. The number of halogens is 1. The summed E-state index contributed by atoms with van der Waals surface area (Å²) in [6, 6.07) is 13.0. The monoisotopic (exact) mass is 407 g/mol. The van der Waals surface area contributed by atoms with Crippen LogP contribution in [0.5, 0.6) is 0 Å². The van der Waals surface area contributed by atoms with Gasteiger partial charge in [-0.15, -0.1) is 0 Å². The van der Waals surface area contributed by atoms with Crippen molar-refractivity contribution in [3.63, 3.8) is 0 Å². The smallest absolute Gasteiger partial charge is 0.338 e. The van der Waals surface area contributed by atoms with Gasteiger partial charge in [-0.25, -0.2) is 17.9 Å². The van der Waals surface area contributed by atoms with Crippen molar-refractivity contribution >= 4 is 27.6 Å². The van der Waals surface area contributed by atoms with Gasteiger partial charge in [0.2, 0.25) is 15.8 Å². The highest BCUT2D eigenvalue weighted by molar-refractivity contribution is 7.89. The molecule has 3 aromatic rings. The number of sulfonamides is 1. The number of aromatic nitrogens is 2. The van der Waals surface area contributed by atoms with Crippen LogP contribution in [0.2, 0.25) is 5.02 Å². The van der Waals surface area contributed by atoms with Crippen LogP contribution in [0.3, 0.4) is 0 Å². The predicted molar refractivity (Wildman–Crippen MR) is 96.6 cm³/mol. The Morgan fingerprint density at radius 1 is 1.22 bits per heavy atom. The van der Waals surface area contributed by atoms with Crippen LogP contribution in [0, 0.1) is 0 Å². The molecule has 0 saturated heterocycles. The second kappa shape index (κ2) is 7.87. The van der Waals surface area contributed by atoms with E-state index in [1.54, 1.807) is 0 Å². The van der Waals surface area contributed by atoms with Gasteiger partial charge in [-0.1, -0.05) is 47.1 Å². The van der Waals surface area contributed by atoms with E-state index in [0.29, 0.717) is 5.82 Å². The van der Waals surface area contributed by atoms with Crippen molar-refractivity contribution in [2.45, 2.75) is 11.5 Å². The molecule has 0 bridgehead atoms. The van der Waals surface area contributed by atoms with E-state index in [2.05, 4.69) is 14.9 Å². The van der Waals surface area contributed by atoms with E-state index in [4.69, 9.17) is 20.9 Å². The Kier molecular flexibility index (Phi) is 5.54. The molecule has 1 N–H and O–H groups in total. The van der Waals surface area contributed by atoms with Crippen LogP contribution in [0.4, 0.5) is 0 Å². The topological polar surface area (TPSA) is 111 Å². The number of ether oxygens (including phenoxy) is 1. The number of esters is 1. The SMILES string of the molecule is CNS(=O)(=O)c1cc(C(=O)OCc2nc(-c3ccccc3)no2)ccc1Cl. The molecule has 0 radical (unpaired) electrons. The molecule has 2 aromatic carbocycles. The van der Waals surface area contributed by atoms with E-state index < -0.39 is 16.0 Å². The summed E-state index contributed by atoms with van der Waals surface area (Å²) in [5, 5.41) is 3.81. The van der Waals surface area contributed by atoms with Gasteiger partial charge in [-0.05, 0) is 25.2 Å². The largest absolute Gasteiger partial charge is 0.452 e. The third-order valence-electron chi connectivity index (χ3n) is 3.55. The van der Waals surface area contributed by atoms with Crippen LogP contribution in [-0.4, -0.2) is 31.6 Å². The van der Waals surface area contributed by atoms with Gasteiger partial charge >= 0.3 is 5.97 Å². The number of rotatable bonds is 6. The molecule has 1 heterocycles. The minimum Gasteiger partial charge on any atom is -0.452 e. The van der Waals surface area contributed by atoms with Gasteiger partial charge in [-0.3, -0.25) is 0 Å². The lowest BCUT2D eigenvalue weighted by molar-refractivity contribution is 0.0429. The molecule has 0 fully saturated rings. The molecule has 0 amide bonds. The van der Waals surface area contributed by atoms with Crippen molar-refractivity contribution in [1.82, 2.24) is 14.9 Å². The lowest BCUT2D eigenvalue weighted by Gasteiger charge is -2.07. The summed E-state index contributed by atoms with van der Waals surface area (Å²) in [6.07, 6.45) is 0. The summed E-state index contributed by atoms with van der Waals surface area (Å²) in [5.74, 6) is -0.270. The molecule has 0 aliphatic rings. The van der Waals surface area contributed by atoms with Crippen molar-refractivity contribution < 1.29 is 22.5 Å². The van der Waals surface area contributed by atoms with Gasteiger partial charge in [0.25, 0.3) is 5.89 Å². The Hall–Kier alpha value is -2.75. The Bertz CT molecular complexity index is 1070. The maximum absolute atomic E-state index is 12.2. The molecule has 3 rings (SSSR count). The van der Waals surface area contributed by atoms with Crippen molar-refractivity contribution in [1.29, 1.82) is 0 Å². The van der Waals surface area contributed by atoms with Gasteiger partial charge in [0, 0.05) is 5.56 Å². The summed E-state index contributed by atoms with van der Waals surface area (Å²) >= 11 is 5.89. The Morgan fingerprint density at radius 3 is 2.67 bits per heavy atom. The van der Waals surface area contributed by atoms with Crippen molar-refractivity contribution in [3.05, 3.63) is 65.0 Å². The molecule has 27 heavy (non-hydrogen) atoms. The molecule has 0 aliphatic heterocycles. The molecule has 0 saturated carbocycles. The number of benzene rings is 2. The van der Waals surface area contributed by atoms with E-state index in [0.717, 1.165) is 11.6 Å². The van der Waals surface area contributed by atoms with E-state index in [-0.39, 0.29) is 28.0 Å². The maximum Gasteiger partial charge on any atom is 0.338 e. The Morgan fingerprint density at radius 2 is 1.96 bits per heavy atom. The van der Waals surface area contributed by atoms with Crippen LogP contribution in [-0.2, 0) is 21.4 Å². The molecule has 0 spiro atoms. The molecular weight excluding hydrogens is 394 g/mol. The fourth-order valence-electron chi connectivity index (χ4n) is 2.17. The summed E-state index contributed by atoms with van der Waals surface area (Å²) < 4.78 is 36.2.